The number of alkyl halides is 7. The zero-order valence-corrected chi connectivity index (χ0v) is 49.5. The number of imidazole rings is 1. The Balaban J connectivity index is 0.000000287. The minimum atomic E-state index is -6.24. The molecule has 6 nitrogen and oxygen atoms in total. The van der Waals surface area contributed by atoms with Gasteiger partial charge < -0.3 is 14.0 Å². The van der Waals surface area contributed by atoms with Gasteiger partial charge in [-0.25, -0.2) is 14.4 Å². The molecule has 4 aromatic heterocycles. The number of halogens is 7. The van der Waals surface area contributed by atoms with Gasteiger partial charge in [0.1, 0.15) is 11.4 Å². The van der Waals surface area contributed by atoms with Crippen molar-refractivity contribution >= 4 is 33.0 Å². The predicted octanol–water partition coefficient (Wildman–Crippen LogP) is 19.6. The number of para-hydroxylation sites is 2. The first-order valence-electron chi connectivity index (χ1n) is 28.0. The van der Waals surface area contributed by atoms with E-state index in [0.29, 0.717) is 12.3 Å². The molecule has 0 saturated heterocycles. The molecule has 423 valence electrons. The fraction of sp³-hybridized carbons (Fsp3) is 0.313. The number of fused-ring (bicyclic) bond motifs is 4. The average molecular weight is 1280 g/mol. The Morgan fingerprint density at radius 3 is 1.79 bits per heavy atom. The zero-order valence-electron chi connectivity index (χ0n) is 50.1. The SMILES string of the molecule is CC(C)c1nccc(-c2ccc3c(c2)oc2c(-c4nc5ccccc5n4-c4c(C(C)C)cc(-c5cc(C(C)(C)C)cc(C(C)(C)C)c5)cc4C(C)C)[c-]ccc23)n1.[2H]C([2H])([2H])c1c[c-]c(-c2cc(C(F)(C(F)(F)F)C(F)(F)F)ccn2)cc1.[Ir]. The van der Waals surface area contributed by atoms with E-state index in [-0.39, 0.29) is 65.9 Å². The van der Waals surface area contributed by atoms with Crippen LogP contribution in [0.2, 0.25) is 0 Å². The molecule has 0 spiro atoms. The Bertz CT molecular complexity index is 3960. The van der Waals surface area contributed by atoms with Gasteiger partial charge in [-0.1, -0.05) is 149 Å². The normalized spacial score (nSPS) is 13.4. The molecule has 6 aromatic carbocycles. The summed E-state index contributed by atoms with van der Waals surface area (Å²) in [4.78, 5) is 18.3. The third-order valence-electron chi connectivity index (χ3n) is 14.4. The van der Waals surface area contributed by atoms with Crippen LogP contribution in [0.3, 0.4) is 0 Å². The summed E-state index contributed by atoms with van der Waals surface area (Å²) in [5.41, 5.74) is 7.39. The summed E-state index contributed by atoms with van der Waals surface area (Å²) in [6.45, 7) is 24.9. The standard InChI is InChI=1S/C52H55N4O.C15H9F7N.Ir/c1-30(2)41-26-35(34-24-36(51(7,8)9)29-37(25-34)52(10,11)12)27-42(31(3)4)47(41)56-45-19-14-13-18-44(45)55-50(56)40-17-15-16-39-38-21-20-33(28-46(38)57-48(39)40)43-22-23-53-49(54-43)32(5)6;1-9-2-4-10(5-3-9)12-8-11(6-7-23-12)13(16,14(17,18)19)15(20,21)22;/h13-16,18-32H,1-12H3;2-4,6-8H,1H3;/q2*-1;/i;1D3;. The number of rotatable bonds is 9. The van der Waals surface area contributed by atoms with Crippen molar-refractivity contribution in [3.05, 3.63) is 185 Å². The van der Waals surface area contributed by atoms with Gasteiger partial charge in [-0.3, -0.25) is 4.98 Å². The average Bonchev–Trinajstić information content (AvgIpc) is 2.44. The van der Waals surface area contributed by atoms with Crippen LogP contribution in [0, 0.1) is 19.0 Å². The van der Waals surface area contributed by atoms with Crippen LogP contribution in [0.15, 0.2) is 138 Å². The molecule has 0 bridgehead atoms. The molecular formula is C67H64F7IrN5O-2. The van der Waals surface area contributed by atoms with Crippen LogP contribution in [0.1, 0.15) is 144 Å². The van der Waals surface area contributed by atoms with Crippen molar-refractivity contribution in [3.63, 3.8) is 0 Å². The third-order valence-corrected chi connectivity index (χ3v) is 14.4. The third kappa shape index (κ3) is 11.7. The van der Waals surface area contributed by atoms with Crippen molar-refractivity contribution in [1.29, 1.82) is 0 Å². The number of pyridine rings is 1. The van der Waals surface area contributed by atoms with Crippen molar-refractivity contribution in [1.82, 2.24) is 24.5 Å². The molecular weight excluding hydrogens is 1220 g/mol. The zero-order chi connectivity index (χ0) is 60.5. The second kappa shape index (κ2) is 22.4. The fourth-order valence-corrected chi connectivity index (χ4v) is 9.81. The van der Waals surface area contributed by atoms with Crippen LogP contribution in [-0.2, 0) is 36.6 Å². The minimum absolute atomic E-state index is 0. The summed E-state index contributed by atoms with van der Waals surface area (Å²) in [5.74, 6) is 2.36. The Kier molecular flexibility index (Phi) is 15.4. The molecule has 0 saturated carbocycles. The van der Waals surface area contributed by atoms with Gasteiger partial charge >= 0.3 is 18.0 Å². The first-order valence-corrected chi connectivity index (χ1v) is 26.5. The molecule has 10 rings (SSSR count). The molecule has 14 heteroatoms. The molecule has 4 heterocycles. The van der Waals surface area contributed by atoms with Crippen molar-refractivity contribution in [2.45, 2.75) is 137 Å². The van der Waals surface area contributed by atoms with Gasteiger partial charge in [-0.05, 0) is 104 Å². The van der Waals surface area contributed by atoms with E-state index in [1.165, 1.54) is 39.1 Å². The van der Waals surface area contributed by atoms with Crippen LogP contribution in [0.25, 0.3) is 83.7 Å². The van der Waals surface area contributed by atoms with E-state index in [9.17, 15) is 30.7 Å². The smallest absolute Gasteiger partial charge is 0.435 e. The molecule has 0 unspecified atom stereocenters. The molecule has 0 aliphatic carbocycles. The van der Waals surface area contributed by atoms with Crippen molar-refractivity contribution in [2.24, 2.45) is 0 Å². The quantitative estimate of drug-likeness (QED) is 0.106. The molecule has 10 aromatic rings. The van der Waals surface area contributed by atoms with Crippen molar-refractivity contribution < 1.29 is 59.4 Å². The van der Waals surface area contributed by atoms with Crippen LogP contribution in [-0.4, -0.2) is 36.9 Å². The van der Waals surface area contributed by atoms with Gasteiger partial charge in [-0.2, -0.15) is 26.3 Å². The van der Waals surface area contributed by atoms with Crippen LogP contribution in [0.5, 0.6) is 0 Å². The summed E-state index contributed by atoms with van der Waals surface area (Å²) in [6, 6.07) is 42.8. The molecule has 81 heavy (non-hydrogen) atoms. The predicted molar refractivity (Wildman–Crippen MR) is 307 cm³/mol. The monoisotopic (exact) mass is 1280 g/mol. The van der Waals surface area contributed by atoms with E-state index in [0.717, 1.165) is 79.6 Å². The van der Waals surface area contributed by atoms with Crippen LogP contribution < -0.4 is 0 Å². The summed E-state index contributed by atoms with van der Waals surface area (Å²) in [6.07, 6.45) is -10.0. The maximum Gasteiger partial charge on any atom is 0.435 e. The molecule has 0 atom stereocenters. The van der Waals surface area contributed by atoms with Gasteiger partial charge in [0.05, 0.1) is 28.1 Å². The van der Waals surface area contributed by atoms with Gasteiger partial charge in [0.2, 0.25) is 0 Å². The maximum atomic E-state index is 14.1. The Morgan fingerprint density at radius 1 is 0.580 bits per heavy atom. The van der Waals surface area contributed by atoms with Gasteiger partial charge in [0.25, 0.3) is 0 Å². The van der Waals surface area contributed by atoms with E-state index < -0.39 is 36.1 Å². The van der Waals surface area contributed by atoms with Crippen molar-refractivity contribution in [3.8, 4) is 50.7 Å². The van der Waals surface area contributed by atoms with Crippen LogP contribution in [0.4, 0.5) is 30.7 Å². The second-order valence-corrected chi connectivity index (χ2v) is 23.3. The van der Waals surface area contributed by atoms with E-state index in [1.54, 1.807) is 0 Å². The first kappa shape index (κ1) is 55.9. The summed E-state index contributed by atoms with van der Waals surface area (Å²) >= 11 is 0. The number of aromatic nitrogens is 5. The number of hydrogen-bond donors (Lipinski definition) is 0. The largest absolute Gasteiger partial charge is 0.501 e. The van der Waals surface area contributed by atoms with Gasteiger partial charge in [0.15, 0.2) is 0 Å². The molecule has 0 fully saturated rings. The molecule has 0 aliphatic rings. The Morgan fingerprint density at radius 2 is 1.21 bits per heavy atom. The summed E-state index contributed by atoms with van der Waals surface area (Å²) in [7, 11) is 0. The number of aryl methyl sites for hydroxylation is 1. The minimum Gasteiger partial charge on any atom is -0.501 e. The van der Waals surface area contributed by atoms with Crippen molar-refractivity contribution in [2.75, 3.05) is 0 Å². The number of benzene rings is 6. The molecule has 0 aliphatic heterocycles. The van der Waals surface area contributed by atoms with E-state index >= 15 is 0 Å². The Labute approximate surface area is 486 Å². The summed E-state index contributed by atoms with van der Waals surface area (Å²) < 4.78 is 122. The second-order valence-electron chi connectivity index (χ2n) is 23.3. The molecule has 1 radical (unpaired) electrons. The molecule has 0 amide bonds. The number of nitrogens with zero attached hydrogens (tertiary/aromatic N) is 5. The molecule has 0 N–H and O–H groups in total. The topological polar surface area (TPSA) is 69.6 Å². The van der Waals surface area contributed by atoms with Crippen LogP contribution >= 0.6 is 0 Å². The van der Waals surface area contributed by atoms with Gasteiger partial charge in [0, 0.05) is 64.7 Å². The number of hydrogen-bond acceptors (Lipinski definition) is 5. The van der Waals surface area contributed by atoms with E-state index in [2.05, 4.69) is 189 Å². The van der Waals surface area contributed by atoms with Gasteiger partial charge in [-0.15, -0.1) is 53.6 Å². The summed E-state index contributed by atoms with van der Waals surface area (Å²) in [5, 5.41) is 2.08. The Hall–Kier alpha value is -7.02. The fourth-order valence-electron chi connectivity index (χ4n) is 9.81. The maximum absolute atomic E-state index is 14.1. The van der Waals surface area contributed by atoms with E-state index in [4.69, 9.17) is 18.5 Å². The number of furan rings is 1. The van der Waals surface area contributed by atoms with E-state index in [1.807, 2.05) is 18.3 Å². The first-order chi connectivity index (χ1) is 38.7.